The number of benzene rings is 1. The molecule has 2 N–H and O–H groups in total. The second-order valence-corrected chi connectivity index (χ2v) is 5.40. The third-order valence-electron chi connectivity index (χ3n) is 3.82. The van der Waals surface area contributed by atoms with Gasteiger partial charge in [0.2, 0.25) is 0 Å². The molecule has 21 heavy (non-hydrogen) atoms. The molecule has 2 rings (SSSR count). The van der Waals surface area contributed by atoms with Gasteiger partial charge in [-0.2, -0.15) is 0 Å². The van der Waals surface area contributed by atoms with E-state index in [1.807, 2.05) is 12.1 Å². The van der Waals surface area contributed by atoms with E-state index >= 15 is 0 Å². The van der Waals surface area contributed by atoms with Crippen LogP contribution in [0.15, 0.2) is 18.2 Å². The lowest BCUT2D eigenvalue weighted by atomic mass is 9.98. The van der Waals surface area contributed by atoms with E-state index in [0.29, 0.717) is 23.8 Å². The van der Waals surface area contributed by atoms with Crippen LogP contribution in [0.5, 0.6) is 0 Å². The van der Waals surface area contributed by atoms with E-state index in [1.54, 1.807) is 20.1 Å². The van der Waals surface area contributed by atoms with Crippen LogP contribution >= 0.6 is 0 Å². The number of methoxy groups -OCH3 is 1. The quantitative estimate of drug-likeness (QED) is 0.666. The molecule has 1 fully saturated rings. The molecule has 0 aliphatic carbocycles. The summed E-state index contributed by atoms with van der Waals surface area (Å²) >= 11 is 0. The van der Waals surface area contributed by atoms with Gasteiger partial charge in [-0.3, -0.25) is 0 Å². The molecule has 116 valence electrons. The Labute approximate surface area is 126 Å². The SMILES string of the molecule is CCOC(=O)c1cc(N2CCCC(COC)C2)ccc1N. The van der Waals surface area contributed by atoms with Crippen molar-refractivity contribution < 1.29 is 14.3 Å². The summed E-state index contributed by atoms with van der Waals surface area (Å²) in [6.07, 6.45) is 2.32. The molecule has 1 unspecified atom stereocenters. The van der Waals surface area contributed by atoms with Crippen LogP contribution in [0.4, 0.5) is 11.4 Å². The molecule has 0 bridgehead atoms. The number of hydrogen-bond donors (Lipinski definition) is 1. The Bertz CT molecular complexity index is 488. The maximum Gasteiger partial charge on any atom is 0.340 e. The summed E-state index contributed by atoms with van der Waals surface area (Å²) in [6.45, 7) is 4.85. The average Bonchev–Trinajstić information content (AvgIpc) is 2.48. The minimum atomic E-state index is -0.359. The van der Waals surface area contributed by atoms with Crippen molar-refractivity contribution in [3.8, 4) is 0 Å². The number of nitrogen functional groups attached to an aromatic ring is 1. The van der Waals surface area contributed by atoms with Crippen LogP contribution in [0.2, 0.25) is 0 Å². The standard InChI is InChI=1S/C16H24N2O3/c1-3-21-16(19)14-9-13(6-7-15(14)17)18-8-4-5-12(10-18)11-20-2/h6-7,9,12H,3-5,8,10-11,17H2,1-2H3. The summed E-state index contributed by atoms with van der Waals surface area (Å²) in [4.78, 5) is 14.2. The molecular formula is C16H24N2O3. The van der Waals surface area contributed by atoms with E-state index < -0.39 is 0 Å². The molecule has 1 saturated heterocycles. The summed E-state index contributed by atoms with van der Waals surface area (Å²) in [7, 11) is 1.74. The third kappa shape index (κ3) is 3.88. The smallest absolute Gasteiger partial charge is 0.340 e. The van der Waals surface area contributed by atoms with Crippen LogP contribution in [0.1, 0.15) is 30.1 Å². The zero-order valence-electron chi connectivity index (χ0n) is 12.8. The Morgan fingerprint density at radius 3 is 3.00 bits per heavy atom. The average molecular weight is 292 g/mol. The highest BCUT2D eigenvalue weighted by Crippen LogP contribution is 2.26. The molecule has 0 aromatic heterocycles. The van der Waals surface area contributed by atoms with E-state index in [0.717, 1.165) is 31.8 Å². The van der Waals surface area contributed by atoms with Gasteiger partial charge >= 0.3 is 5.97 Å². The van der Waals surface area contributed by atoms with E-state index in [9.17, 15) is 4.79 Å². The van der Waals surface area contributed by atoms with Gasteiger partial charge in [-0.1, -0.05) is 0 Å². The largest absolute Gasteiger partial charge is 0.462 e. The molecular weight excluding hydrogens is 268 g/mol. The second-order valence-electron chi connectivity index (χ2n) is 5.40. The van der Waals surface area contributed by atoms with Gasteiger partial charge in [-0.05, 0) is 43.9 Å². The maximum absolute atomic E-state index is 11.9. The number of carbonyl (C=O) groups excluding carboxylic acids is 1. The lowest BCUT2D eigenvalue weighted by Gasteiger charge is -2.34. The highest BCUT2D eigenvalue weighted by molar-refractivity contribution is 5.96. The number of hydrogen-bond acceptors (Lipinski definition) is 5. The van der Waals surface area contributed by atoms with E-state index in [-0.39, 0.29) is 5.97 Å². The van der Waals surface area contributed by atoms with Crippen LogP contribution in [0, 0.1) is 5.92 Å². The summed E-state index contributed by atoms with van der Waals surface area (Å²) in [6, 6.07) is 5.58. The van der Waals surface area contributed by atoms with Gasteiger partial charge in [0.1, 0.15) is 0 Å². The fourth-order valence-corrected chi connectivity index (χ4v) is 2.80. The molecule has 1 atom stereocenters. The fourth-order valence-electron chi connectivity index (χ4n) is 2.80. The number of nitrogens with zero attached hydrogens (tertiary/aromatic N) is 1. The van der Waals surface area contributed by atoms with Gasteiger partial charge in [-0.25, -0.2) is 4.79 Å². The van der Waals surface area contributed by atoms with Gasteiger partial charge in [0.25, 0.3) is 0 Å². The zero-order chi connectivity index (χ0) is 15.2. The van der Waals surface area contributed by atoms with E-state index in [1.165, 1.54) is 6.42 Å². The maximum atomic E-state index is 11.9. The number of esters is 1. The fraction of sp³-hybridized carbons (Fsp3) is 0.562. The zero-order valence-corrected chi connectivity index (χ0v) is 12.8. The van der Waals surface area contributed by atoms with Crippen molar-refractivity contribution >= 4 is 17.3 Å². The molecule has 0 radical (unpaired) electrons. The topological polar surface area (TPSA) is 64.8 Å². The number of piperidine rings is 1. The summed E-state index contributed by atoms with van der Waals surface area (Å²) in [5.41, 5.74) is 7.82. The molecule has 5 heteroatoms. The molecule has 1 aromatic carbocycles. The molecule has 5 nitrogen and oxygen atoms in total. The van der Waals surface area contributed by atoms with Crippen LogP contribution in [0.25, 0.3) is 0 Å². The first-order chi connectivity index (χ1) is 10.2. The van der Waals surface area contributed by atoms with E-state index in [4.69, 9.17) is 15.2 Å². The predicted octanol–water partition coefficient (Wildman–Crippen LogP) is 2.31. The molecule has 0 amide bonds. The Hall–Kier alpha value is -1.75. The molecule has 1 aliphatic rings. The predicted molar refractivity (Wildman–Crippen MR) is 83.6 cm³/mol. The van der Waals surface area contributed by atoms with E-state index in [2.05, 4.69) is 4.90 Å². The van der Waals surface area contributed by atoms with Crippen molar-refractivity contribution in [3.63, 3.8) is 0 Å². The minimum absolute atomic E-state index is 0.349. The minimum Gasteiger partial charge on any atom is -0.462 e. The molecule has 1 aromatic rings. The van der Waals surface area contributed by atoms with Gasteiger partial charge in [-0.15, -0.1) is 0 Å². The van der Waals surface area contributed by atoms with Crippen LogP contribution in [0.3, 0.4) is 0 Å². The van der Waals surface area contributed by atoms with Crippen molar-refractivity contribution in [2.45, 2.75) is 19.8 Å². The molecule has 1 aliphatic heterocycles. The highest BCUT2D eigenvalue weighted by Gasteiger charge is 2.21. The summed E-state index contributed by atoms with van der Waals surface area (Å²) < 4.78 is 10.3. The van der Waals surface area contributed by atoms with Crippen LogP contribution < -0.4 is 10.6 Å². The highest BCUT2D eigenvalue weighted by atomic mass is 16.5. The summed E-state index contributed by atoms with van der Waals surface area (Å²) in [5.74, 6) is 0.176. The van der Waals surface area contributed by atoms with Crippen LogP contribution in [-0.4, -0.2) is 39.4 Å². The van der Waals surface area contributed by atoms with Crippen molar-refractivity contribution in [1.82, 2.24) is 0 Å². The van der Waals surface area contributed by atoms with Crippen molar-refractivity contribution in [2.24, 2.45) is 5.92 Å². The van der Waals surface area contributed by atoms with Gasteiger partial charge in [0.05, 0.1) is 18.8 Å². The molecule has 0 spiro atoms. The van der Waals surface area contributed by atoms with Crippen molar-refractivity contribution in [2.75, 3.05) is 44.0 Å². The Kier molecular flexibility index (Phi) is 5.44. The van der Waals surface area contributed by atoms with Gasteiger partial charge in [0, 0.05) is 31.6 Å². The van der Waals surface area contributed by atoms with Crippen molar-refractivity contribution in [3.05, 3.63) is 23.8 Å². The van der Waals surface area contributed by atoms with Crippen LogP contribution in [-0.2, 0) is 9.47 Å². The first-order valence-electron chi connectivity index (χ1n) is 7.46. The van der Waals surface area contributed by atoms with Gasteiger partial charge < -0.3 is 20.1 Å². The second kappa shape index (κ2) is 7.31. The lowest BCUT2D eigenvalue weighted by Crippen LogP contribution is -2.37. The first kappa shape index (κ1) is 15.6. The number of carbonyl (C=O) groups is 1. The third-order valence-corrected chi connectivity index (χ3v) is 3.82. The molecule has 1 heterocycles. The number of anilines is 2. The normalized spacial score (nSPS) is 18.6. The first-order valence-corrected chi connectivity index (χ1v) is 7.46. The Morgan fingerprint density at radius 1 is 1.48 bits per heavy atom. The number of rotatable bonds is 5. The summed E-state index contributed by atoms with van der Waals surface area (Å²) in [5, 5.41) is 0. The van der Waals surface area contributed by atoms with Crippen molar-refractivity contribution in [1.29, 1.82) is 0 Å². The van der Waals surface area contributed by atoms with Gasteiger partial charge in [0.15, 0.2) is 0 Å². The lowest BCUT2D eigenvalue weighted by molar-refractivity contribution is 0.0527. The number of ether oxygens (including phenoxy) is 2. The number of nitrogens with two attached hydrogens (primary N) is 1. The Balaban J connectivity index is 2.16. The molecule has 0 saturated carbocycles. The monoisotopic (exact) mass is 292 g/mol. The Morgan fingerprint density at radius 2 is 2.29 bits per heavy atom.